The molecule has 6 aromatic rings. The summed E-state index contributed by atoms with van der Waals surface area (Å²) in [6.07, 6.45) is 3.95. The molecule has 1 aliphatic carbocycles. The summed E-state index contributed by atoms with van der Waals surface area (Å²) in [5.41, 5.74) is 3.62. The van der Waals surface area contributed by atoms with Crippen molar-refractivity contribution < 1.29 is 63.8 Å². The Morgan fingerprint density at radius 3 is 2.19 bits per heavy atom. The van der Waals surface area contributed by atoms with Gasteiger partial charge in [0, 0.05) is 124 Å². The zero-order chi connectivity index (χ0) is 79.6. The third kappa shape index (κ3) is 21.9. The first-order chi connectivity index (χ1) is 52.7. The fraction of sp³-hybridized carbons (Fsp3) is 0.500. The zero-order valence-electron chi connectivity index (χ0n) is 63.8. The van der Waals surface area contributed by atoms with E-state index in [0.29, 0.717) is 69.7 Å². The summed E-state index contributed by atoms with van der Waals surface area (Å²) in [6.45, 7) is 20.3. The Hall–Kier alpha value is -7.49. The number of hydrogen-bond acceptors (Lipinski definition) is 20. The predicted molar refractivity (Wildman–Crippen MR) is 428 cm³/mol. The monoisotopic (exact) mass is 1630 g/mol. The number of fused-ring (bicyclic) bond motifs is 3. The molecule has 6 atom stereocenters. The molecular formula is C80H102ClF3N12O11S4. The number of sulfone groups is 1. The Morgan fingerprint density at radius 2 is 1.50 bits per heavy atom. The summed E-state index contributed by atoms with van der Waals surface area (Å²) in [6, 6.07) is 29.7. The number of β-amino-alcohol motifs (C(OH)–C–C–N with tert-alkyl or cyclic N) is 1. The topological polar surface area (TPSA) is 284 Å². The van der Waals surface area contributed by atoms with Gasteiger partial charge in [0.25, 0.3) is 25.8 Å². The second-order valence-corrected chi connectivity index (χ2v) is 37.2. The molecule has 5 aromatic carbocycles. The van der Waals surface area contributed by atoms with E-state index >= 15 is 0 Å². The molecule has 23 nitrogen and oxygen atoms in total. The van der Waals surface area contributed by atoms with E-state index in [-0.39, 0.29) is 67.9 Å². The third-order valence-electron chi connectivity index (χ3n) is 21.4. The number of ether oxygens (including phenoxy) is 1. The molecule has 31 heteroatoms. The molecule has 1 aromatic heterocycles. The lowest BCUT2D eigenvalue weighted by atomic mass is 9.72. The van der Waals surface area contributed by atoms with Crippen LogP contribution < -0.4 is 36.2 Å². The van der Waals surface area contributed by atoms with Crippen LogP contribution in [0.1, 0.15) is 119 Å². The average molecular weight is 1630 g/mol. The van der Waals surface area contributed by atoms with Crippen molar-refractivity contribution in [3.8, 4) is 10.4 Å². The second kappa shape index (κ2) is 36.8. The van der Waals surface area contributed by atoms with Crippen LogP contribution in [0.5, 0.6) is 0 Å². The van der Waals surface area contributed by atoms with Gasteiger partial charge in [0.05, 0.1) is 65.1 Å². The summed E-state index contributed by atoms with van der Waals surface area (Å²) in [4.78, 5) is 82.6. The van der Waals surface area contributed by atoms with Crippen LogP contribution in [0.25, 0.3) is 16.0 Å². The van der Waals surface area contributed by atoms with E-state index in [1.807, 2.05) is 106 Å². The van der Waals surface area contributed by atoms with Gasteiger partial charge in [-0.25, -0.2) is 26.5 Å². The van der Waals surface area contributed by atoms with Crippen LogP contribution in [0.3, 0.4) is 0 Å². The number of nitrogens with one attached hydrogen (secondary N) is 6. The molecule has 0 saturated carbocycles. The highest BCUT2D eigenvalue weighted by Gasteiger charge is 2.49. The smallest absolute Gasteiger partial charge is 0.391 e. The van der Waals surface area contributed by atoms with E-state index < -0.39 is 100 Å². The van der Waals surface area contributed by atoms with Crippen molar-refractivity contribution in [2.45, 2.75) is 150 Å². The number of halogens is 4. The molecule has 0 radical (unpaired) electrons. The molecule has 5 heterocycles. The number of thioether (sulfide) groups is 1. The molecule has 1 unspecified atom stereocenters. The number of thiazole rings is 1. The fourth-order valence-electron chi connectivity index (χ4n) is 15.2. The number of nitrogens with zero attached hydrogens (tertiary/aromatic N) is 6. The van der Waals surface area contributed by atoms with Crippen LogP contribution in [-0.4, -0.2) is 222 Å². The van der Waals surface area contributed by atoms with Crippen molar-refractivity contribution in [1.82, 2.24) is 50.6 Å². The first-order valence-corrected chi connectivity index (χ1v) is 43.0. The molecule has 4 aliphatic heterocycles. The summed E-state index contributed by atoms with van der Waals surface area (Å²) in [7, 11) is -11.1. The number of sulfonamides is 1. The van der Waals surface area contributed by atoms with Gasteiger partial charge >= 0.3 is 5.51 Å². The van der Waals surface area contributed by atoms with Crippen LogP contribution in [0.4, 0.5) is 24.5 Å². The van der Waals surface area contributed by atoms with E-state index in [0.717, 1.165) is 102 Å². The quantitative estimate of drug-likeness (QED) is 0.0157. The van der Waals surface area contributed by atoms with Gasteiger partial charge in [0.2, 0.25) is 23.6 Å². The Morgan fingerprint density at radius 1 is 0.811 bits per heavy atom. The van der Waals surface area contributed by atoms with Crippen molar-refractivity contribution in [2.24, 2.45) is 10.8 Å². The van der Waals surface area contributed by atoms with E-state index in [2.05, 4.69) is 72.2 Å². The van der Waals surface area contributed by atoms with Gasteiger partial charge < -0.3 is 51.1 Å². The number of amides is 5. The number of piperazine rings is 2. The van der Waals surface area contributed by atoms with Crippen molar-refractivity contribution >= 4 is 101 Å². The number of hydrogen-bond donors (Lipinski definition) is 7. The minimum atomic E-state index is -6.19. The number of benzene rings is 5. The molecule has 7 N–H and O–H groups in total. The van der Waals surface area contributed by atoms with Crippen LogP contribution >= 0.6 is 34.7 Å². The second-order valence-electron chi connectivity index (χ2n) is 31.3. The molecule has 111 heavy (non-hydrogen) atoms. The van der Waals surface area contributed by atoms with Gasteiger partial charge in [-0.2, -0.15) is 13.2 Å². The van der Waals surface area contributed by atoms with Gasteiger partial charge in [-0.3, -0.25) is 33.8 Å². The number of aliphatic hydroxyl groups excluding tert-OH is 1. The lowest BCUT2D eigenvalue weighted by Crippen LogP contribution is -2.58. The van der Waals surface area contributed by atoms with Crippen molar-refractivity contribution in [3.63, 3.8) is 0 Å². The molecule has 3 fully saturated rings. The van der Waals surface area contributed by atoms with E-state index in [1.165, 1.54) is 39.4 Å². The Labute approximate surface area is 662 Å². The largest absolute Gasteiger partial charge is 0.501 e. The fourth-order valence-corrected chi connectivity index (χ4v) is 19.1. The molecule has 5 amide bonds. The number of alkyl halides is 3. The maximum atomic E-state index is 14.7. The number of rotatable bonds is 31. The van der Waals surface area contributed by atoms with Crippen LogP contribution in [-0.2, 0) is 50.2 Å². The maximum absolute atomic E-state index is 14.7. The van der Waals surface area contributed by atoms with Gasteiger partial charge in [0.15, 0.2) is 0 Å². The van der Waals surface area contributed by atoms with E-state index in [4.69, 9.17) is 16.3 Å². The Balaban J connectivity index is 0.617. The summed E-state index contributed by atoms with van der Waals surface area (Å²) >= 11 is 9.21. The molecule has 11 rings (SSSR count). The van der Waals surface area contributed by atoms with Gasteiger partial charge in [0.1, 0.15) is 17.0 Å². The zero-order valence-corrected chi connectivity index (χ0v) is 67.9. The SMILES string of the molecule is Cc1ncsc1-c1ccc([C@H](C)NC(=O)[C@@H]2C[C@@H](O)CN2C(=O)[C@@H](NC(=O)CNCCOCCNCC(=O)N2CCN(CC[C@H](CSc3ccccc3)Nc3ccc(S(=O)(=O)NC(=O)c4ccc5c(c4)CCC4CN(CC6=C(c7ccc(Cl)cc7)CCC(C)(C)C6)CCN54)cc3S(=O)(=O)C(F)(F)F)CC2)C(C)(C)C)cc1. The Kier molecular flexibility index (Phi) is 28.0. The van der Waals surface area contributed by atoms with Crippen LogP contribution in [0, 0.1) is 17.8 Å². The lowest BCUT2D eigenvalue weighted by molar-refractivity contribution is -0.144. The standard InChI is InChI=1S/C80H102ClF3N12O11S4/c1-52(54-13-15-56(16-14-54)73-53(2)87-51-109-73)88-76(101)69-42-63(97)49-96(69)77(102)74(78(3,4)5)90-71(98)45-85-30-39-107-40-31-86-46-72(99)94-36-33-92(34-37-94)32-28-61(50-108-64-11-9-8-10-12-64)89-67-25-24-65(43-70(67)110(103,104)80(82,83)84)111(105,106)91-75(100)58-20-26-68-57(41-58)19-23-62-48-93(35-38-95(62)68)47-59-44-79(6,7)29-27-66(59)55-17-21-60(81)22-18-55/h8-18,20-22,24-26,41,43,51-52,61-63,69,74,85-86,89,97H,19,23,27-40,42,44-50H2,1-7H3,(H,88,101)(H,90,98)(H,91,100)/t52-,61+,62?,63+,69-,74+/m0/s1. The highest BCUT2D eigenvalue weighted by atomic mass is 35.5. The van der Waals surface area contributed by atoms with Crippen LogP contribution in [0.15, 0.2) is 141 Å². The number of likely N-dealkylation sites (tertiary alicyclic amines) is 1. The molecule has 3 saturated heterocycles. The van der Waals surface area contributed by atoms with E-state index in [1.54, 1.807) is 33.9 Å². The highest BCUT2D eigenvalue weighted by molar-refractivity contribution is 7.99. The normalized spacial score (nSPS) is 19.4. The number of aliphatic hydroxyl groups is 1. The number of anilines is 2. The lowest BCUT2D eigenvalue weighted by Gasteiger charge is -2.47. The first kappa shape index (κ1) is 84.4. The van der Waals surface area contributed by atoms with E-state index in [9.17, 15) is 59.1 Å². The summed E-state index contributed by atoms with van der Waals surface area (Å²) in [5, 5.41) is 26.4. The molecular weight excluding hydrogens is 1530 g/mol. The molecule has 5 aliphatic rings. The van der Waals surface area contributed by atoms with Gasteiger partial charge in [-0.15, -0.1) is 23.1 Å². The van der Waals surface area contributed by atoms with Crippen LogP contribution in [0.2, 0.25) is 5.02 Å². The highest BCUT2D eigenvalue weighted by Crippen LogP contribution is 2.44. The van der Waals surface area contributed by atoms with Crippen molar-refractivity contribution in [2.75, 3.05) is 121 Å². The Bertz CT molecular complexity index is 4540. The van der Waals surface area contributed by atoms with Crippen molar-refractivity contribution in [3.05, 3.63) is 159 Å². The van der Waals surface area contributed by atoms with Crippen molar-refractivity contribution in [1.29, 1.82) is 0 Å². The number of aromatic nitrogens is 1. The molecule has 0 spiro atoms. The molecule has 0 bridgehead atoms. The maximum Gasteiger partial charge on any atom is 0.501 e. The predicted octanol–water partition coefficient (Wildman–Crippen LogP) is 9.96. The minimum Gasteiger partial charge on any atom is -0.391 e. The summed E-state index contributed by atoms with van der Waals surface area (Å²) < 4.78 is 107. The number of carbonyl (C=O) groups is 5. The average Bonchev–Trinajstić information content (AvgIpc) is 1.46. The minimum absolute atomic E-state index is 0.0168. The molecule has 600 valence electrons. The summed E-state index contributed by atoms with van der Waals surface area (Å²) in [5.74, 6) is -2.23. The third-order valence-corrected chi connectivity index (χ3v) is 26.6. The van der Waals surface area contributed by atoms with Gasteiger partial charge in [-0.1, -0.05) is 106 Å². The number of carbonyl (C=O) groups excluding carboxylic acids is 5. The van der Waals surface area contributed by atoms with Gasteiger partial charge in [-0.05, 0) is 152 Å². The number of allylic oxidation sites excluding steroid dienone is 1. The number of aryl methyl sites for hydroxylation is 2. The first-order valence-electron chi connectivity index (χ1n) is 37.8.